The molecule has 0 radical (unpaired) electrons. The molecule has 5 heteroatoms. The van der Waals surface area contributed by atoms with Gasteiger partial charge in [0.25, 0.3) is 0 Å². The molecule has 43 heavy (non-hydrogen) atoms. The Bertz CT molecular complexity index is 1350. The highest BCUT2D eigenvalue weighted by Gasteiger charge is 2.64. The molecule has 2 aliphatic carbocycles. The number of nitrogens with zero attached hydrogens (tertiary/aromatic N) is 1. The van der Waals surface area contributed by atoms with Gasteiger partial charge in [-0.2, -0.15) is 0 Å². The largest absolute Gasteiger partial charge is 0.363 e. The summed E-state index contributed by atoms with van der Waals surface area (Å²) in [6.45, 7) is 16.2. The van der Waals surface area contributed by atoms with Crippen molar-refractivity contribution in [2.24, 2.45) is 16.7 Å². The second-order valence-corrected chi connectivity index (χ2v) is 15.2. The van der Waals surface area contributed by atoms with Crippen LogP contribution in [0.3, 0.4) is 0 Å². The van der Waals surface area contributed by atoms with E-state index < -0.39 is 11.1 Å². The number of hydrogen-bond acceptors (Lipinski definition) is 3. The maximum absolute atomic E-state index is 14.4. The van der Waals surface area contributed by atoms with Crippen LogP contribution >= 0.6 is 0 Å². The quantitative estimate of drug-likeness (QED) is 0.320. The molecule has 1 heterocycles. The number of ether oxygens (including phenoxy) is 1. The smallest absolute Gasteiger partial charge is 0.245 e. The van der Waals surface area contributed by atoms with Gasteiger partial charge in [-0.25, -0.2) is 0 Å². The van der Waals surface area contributed by atoms with Crippen molar-refractivity contribution in [3.05, 3.63) is 83.4 Å². The number of amides is 2. The van der Waals surface area contributed by atoms with Crippen LogP contribution in [0.25, 0.3) is 0 Å². The van der Waals surface area contributed by atoms with E-state index in [4.69, 9.17) is 4.74 Å². The van der Waals surface area contributed by atoms with Gasteiger partial charge >= 0.3 is 0 Å². The predicted molar refractivity (Wildman–Crippen MR) is 173 cm³/mol. The van der Waals surface area contributed by atoms with Crippen LogP contribution in [-0.2, 0) is 27.4 Å². The Morgan fingerprint density at radius 2 is 1.53 bits per heavy atom. The number of allylic oxidation sites excluding steroid dienone is 1. The number of carbonyl (C=O) groups is 2. The van der Waals surface area contributed by atoms with Crippen LogP contribution in [0, 0.1) is 16.7 Å². The summed E-state index contributed by atoms with van der Waals surface area (Å²) in [7, 11) is 0. The second-order valence-electron chi connectivity index (χ2n) is 15.2. The third kappa shape index (κ3) is 5.82. The normalized spacial score (nSPS) is 29.9. The Hall–Kier alpha value is -2.92. The van der Waals surface area contributed by atoms with E-state index in [1.54, 1.807) is 4.90 Å². The number of rotatable bonds is 8. The van der Waals surface area contributed by atoms with Gasteiger partial charge in [0.2, 0.25) is 11.8 Å². The van der Waals surface area contributed by atoms with Gasteiger partial charge in [0, 0.05) is 18.5 Å². The zero-order valence-corrected chi connectivity index (χ0v) is 27.5. The minimum absolute atomic E-state index is 0.0364. The van der Waals surface area contributed by atoms with Gasteiger partial charge < -0.3 is 15.0 Å². The summed E-state index contributed by atoms with van der Waals surface area (Å²) in [4.78, 5) is 29.9. The molecule has 5 rings (SSSR count). The lowest BCUT2D eigenvalue weighted by atomic mass is 9.46. The molecular weight excluding hydrogens is 532 g/mol. The van der Waals surface area contributed by atoms with Gasteiger partial charge in [0.15, 0.2) is 0 Å². The average molecular weight is 585 g/mol. The van der Waals surface area contributed by atoms with Crippen molar-refractivity contribution in [2.75, 3.05) is 0 Å². The summed E-state index contributed by atoms with van der Waals surface area (Å²) in [5.74, 6) is 0.337. The highest BCUT2D eigenvalue weighted by atomic mass is 16.5. The van der Waals surface area contributed by atoms with Crippen LogP contribution in [0.2, 0.25) is 0 Å². The van der Waals surface area contributed by atoms with Gasteiger partial charge in [0.1, 0.15) is 5.54 Å². The highest BCUT2D eigenvalue weighted by Crippen LogP contribution is 2.66. The third-order valence-corrected chi connectivity index (χ3v) is 11.4. The van der Waals surface area contributed by atoms with Gasteiger partial charge in [-0.05, 0) is 87.8 Å². The van der Waals surface area contributed by atoms with Crippen LogP contribution in [0.5, 0.6) is 0 Å². The number of carbonyl (C=O) groups excluding carboxylic acids is 2. The average Bonchev–Trinajstić information content (AvgIpc) is 3.32. The van der Waals surface area contributed by atoms with Crippen molar-refractivity contribution in [3.8, 4) is 0 Å². The van der Waals surface area contributed by atoms with Crippen molar-refractivity contribution < 1.29 is 14.3 Å². The molecule has 232 valence electrons. The van der Waals surface area contributed by atoms with Gasteiger partial charge in [-0.15, -0.1) is 0 Å². The molecule has 2 aromatic rings. The standard InChI is InChI=1S/C38H52N2O3/c1-28-19-20-31-34(2,3)21-14-22-37(31,7)38(28)24-23-36(6,43-38)25-32(41)40(27-30-17-12-9-13-18-30)35(4,5)33(42)39-26-29-15-10-8-11-16-29/h8-13,15-19,31H,14,20-27H2,1-7H3,(H,39,42)/t31-,36-,37-,38+/m0/s1. The summed E-state index contributed by atoms with van der Waals surface area (Å²) in [6, 6.07) is 19.8. The van der Waals surface area contributed by atoms with Crippen molar-refractivity contribution in [1.29, 1.82) is 0 Å². The number of hydrogen-bond donors (Lipinski definition) is 1. The zero-order valence-electron chi connectivity index (χ0n) is 27.5. The van der Waals surface area contributed by atoms with E-state index in [1.807, 2.05) is 74.5 Å². The Morgan fingerprint density at radius 1 is 0.907 bits per heavy atom. The van der Waals surface area contributed by atoms with Crippen LogP contribution in [-0.4, -0.2) is 33.5 Å². The van der Waals surface area contributed by atoms with E-state index in [-0.39, 0.29) is 34.7 Å². The first-order valence-corrected chi connectivity index (χ1v) is 16.3. The van der Waals surface area contributed by atoms with Gasteiger partial charge in [-0.3, -0.25) is 9.59 Å². The Labute approximate surface area is 259 Å². The lowest BCUT2D eigenvalue weighted by molar-refractivity contribution is -0.193. The zero-order chi connectivity index (χ0) is 31.1. The molecule has 2 amide bonds. The first-order chi connectivity index (χ1) is 20.2. The first-order valence-electron chi connectivity index (χ1n) is 16.3. The second kappa shape index (κ2) is 11.5. The van der Waals surface area contributed by atoms with Crippen LogP contribution in [0.1, 0.15) is 105 Å². The Balaban J connectivity index is 1.39. The summed E-state index contributed by atoms with van der Waals surface area (Å²) >= 11 is 0. The monoisotopic (exact) mass is 584 g/mol. The van der Waals surface area contributed by atoms with E-state index in [0.29, 0.717) is 19.0 Å². The lowest BCUT2D eigenvalue weighted by Gasteiger charge is -2.61. The molecule has 1 aliphatic heterocycles. The minimum atomic E-state index is -1.06. The Morgan fingerprint density at radius 3 is 2.19 bits per heavy atom. The summed E-state index contributed by atoms with van der Waals surface area (Å²) in [5.41, 5.74) is 1.65. The number of benzene rings is 2. The maximum atomic E-state index is 14.4. The SMILES string of the molecule is CC1=CC[C@H]2C(C)(C)CCC[C@]2(C)[C@@]12CC[C@@](C)(CC(=O)N(Cc1ccccc1)C(C)(C)C(=O)NCc1ccccc1)O2. The molecule has 3 aliphatic rings. The minimum Gasteiger partial charge on any atom is -0.363 e. The summed E-state index contributed by atoms with van der Waals surface area (Å²) in [6.07, 6.45) is 9.16. The fourth-order valence-corrected chi connectivity index (χ4v) is 8.76. The molecule has 1 N–H and O–H groups in total. The summed E-state index contributed by atoms with van der Waals surface area (Å²) < 4.78 is 7.29. The van der Waals surface area contributed by atoms with Gasteiger partial charge in [0.05, 0.1) is 17.6 Å². The number of nitrogens with one attached hydrogen (secondary N) is 1. The fourth-order valence-electron chi connectivity index (χ4n) is 8.76. The first kappa shape index (κ1) is 31.5. The van der Waals surface area contributed by atoms with Crippen LogP contribution in [0.15, 0.2) is 72.3 Å². The molecule has 0 aromatic heterocycles. The topological polar surface area (TPSA) is 58.6 Å². The third-order valence-electron chi connectivity index (χ3n) is 11.4. The molecule has 2 aromatic carbocycles. The van der Waals surface area contributed by atoms with E-state index in [9.17, 15) is 9.59 Å². The van der Waals surface area contributed by atoms with Crippen LogP contribution < -0.4 is 5.32 Å². The maximum Gasteiger partial charge on any atom is 0.245 e. The lowest BCUT2D eigenvalue weighted by Crippen LogP contribution is -2.60. The molecule has 5 nitrogen and oxygen atoms in total. The molecule has 2 fully saturated rings. The highest BCUT2D eigenvalue weighted by molar-refractivity contribution is 5.91. The van der Waals surface area contributed by atoms with E-state index in [1.165, 1.54) is 18.4 Å². The van der Waals surface area contributed by atoms with Crippen molar-refractivity contribution in [2.45, 2.75) is 123 Å². The number of fused-ring (bicyclic) bond motifs is 2. The van der Waals surface area contributed by atoms with Crippen LogP contribution in [0.4, 0.5) is 0 Å². The molecular formula is C38H52N2O3. The predicted octanol–water partition coefficient (Wildman–Crippen LogP) is 7.99. The molecule has 1 spiro atoms. The summed E-state index contributed by atoms with van der Waals surface area (Å²) in [5, 5.41) is 3.09. The Kier molecular flexibility index (Phi) is 8.45. The van der Waals surface area contributed by atoms with Crippen molar-refractivity contribution >= 4 is 11.8 Å². The molecule has 4 atom stereocenters. The fraction of sp³-hybridized carbons (Fsp3) is 0.579. The molecule has 1 saturated carbocycles. The molecule has 1 saturated heterocycles. The van der Waals surface area contributed by atoms with Gasteiger partial charge in [-0.1, -0.05) is 93.9 Å². The van der Waals surface area contributed by atoms with Crippen molar-refractivity contribution in [3.63, 3.8) is 0 Å². The molecule has 0 bridgehead atoms. The van der Waals surface area contributed by atoms with Crippen molar-refractivity contribution in [1.82, 2.24) is 10.2 Å². The van der Waals surface area contributed by atoms with E-state index in [0.717, 1.165) is 36.8 Å². The molecule has 0 unspecified atom stereocenters. The van der Waals surface area contributed by atoms with E-state index >= 15 is 0 Å². The van der Waals surface area contributed by atoms with E-state index in [2.05, 4.69) is 46.0 Å².